The number of carbonyl (C=O) groups excluding carboxylic acids is 2. The summed E-state index contributed by atoms with van der Waals surface area (Å²) in [6.07, 6.45) is 0.847. The maximum absolute atomic E-state index is 11.4. The Morgan fingerprint density at radius 3 is 2.65 bits per heavy atom. The number of ether oxygens (including phenoxy) is 1. The summed E-state index contributed by atoms with van der Waals surface area (Å²) in [6, 6.07) is 5.00. The van der Waals surface area contributed by atoms with Gasteiger partial charge in [0, 0.05) is 0 Å². The molecule has 1 aromatic carbocycles. The molecule has 0 fully saturated rings. The minimum absolute atomic E-state index is 0.255. The van der Waals surface area contributed by atoms with Crippen molar-refractivity contribution in [1.29, 1.82) is 0 Å². The van der Waals surface area contributed by atoms with Crippen molar-refractivity contribution in [1.82, 2.24) is 0 Å². The van der Waals surface area contributed by atoms with Crippen LogP contribution >= 0.6 is 23.2 Å². The van der Waals surface area contributed by atoms with E-state index in [1.54, 1.807) is 25.1 Å². The lowest BCUT2D eigenvalue weighted by Gasteiger charge is -2.09. The second-order valence-electron chi connectivity index (χ2n) is 3.45. The molecule has 17 heavy (non-hydrogen) atoms. The smallest absolute Gasteiger partial charge is 0.316 e. The van der Waals surface area contributed by atoms with Crippen molar-refractivity contribution in [3.05, 3.63) is 33.8 Å². The number of hydrogen-bond acceptors (Lipinski definition) is 3. The van der Waals surface area contributed by atoms with E-state index in [9.17, 15) is 9.59 Å². The Hall–Kier alpha value is -1.06. The second-order valence-corrected chi connectivity index (χ2v) is 4.26. The van der Waals surface area contributed by atoms with Gasteiger partial charge in [-0.3, -0.25) is 4.79 Å². The van der Waals surface area contributed by atoms with Crippen molar-refractivity contribution < 1.29 is 14.3 Å². The fraction of sp³-hybridized carbons (Fsp3) is 0.333. The first-order valence-corrected chi connectivity index (χ1v) is 5.90. The van der Waals surface area contributed by atoms with E-state index in [4.69, 9.17) is 27.9 Å². The molecule has 0 heterocycles. The first kappa shape index (κ1) is 14.0. The topological polar surface area (TPSA) is 43.4 Å². The van der Waals surface area contributed by atoms with E-state index in [0.717, 1.165) is 5.56 Å². The molecule has 0 aliphatic carbocycles. The molecule has 0 saturated heterocycles. The second kappa shape index (κ2) is 6.62. The van der Waals surface area contributed by atoms with Crippen LogP contribution < -0.4 is 0 Å². The van der Waals surface area contributed by atoms with Gasteiger partial charge in [0.1, 0.15) is 12.2 Å². The number of esters is 1. The summed E-state index contributed by atoms with van der Waals surface area (Å²) < 4.78 is 4.79. The van der Waals surface area contributed by atoms with Crippen LogP contribution in [0.5, 0.6) is 0 Å². The summed E-state index contributed by atoms with van der Waals surface area (Å²) in [5.41, 5.74) is 0.768. The molecule has 0 N–H and O–H groups in total. The molecule has 1 aromatic rings. The number of halogens is 2. The zero-order valence-electron chi connectivity index (χ0n) is 9.28. The van der Waals surface area contributed by atoms with Crippen molar-refractivity contribution in [2.24, 2.45) is 5.92 Å². The Labute approximate surface area is 110 Å². The number of rotatable bonds is 5. The van der Waals surface area contributed by atoms with Crippen LogP contribution in [0.1, 0.15) is 12.5 Å². The molecule has 0 radical (unpaired) electrons. The fourth-order valence-electron chi connectivity index (χ4n) is 1.36. The highest BCUT2D eigenvalue weighted by atomic mass is 35.5. The Bertz CT molecular complexity index is 418. The molecule has 1 rings (SSSR count). The maximum Gasteiger partial charge on any atom is 0.316 e. The van der Waals surface area contributed by atoms with Gasteiger partial charge in [-0.15, -0.1) is 0 Å². The highest BCUT2D eigenvalue weighted by Crippen LogP contribution is 2.23. The molecule has 0 amide bonds. The predicted molar refractivity (Wildman–Crippen MR) is 66.4 cm³/mol. The highest BCUT2D eigenvalue weighted by molar-refractivity contribution is 6.42. The molecule has 92 valence electrons. The quantitative estimate of drug-likeness (QED) is 0.471. The lowest BCUT2D eigenvalue weighted by atomic mass is 10.0. The molecular formula is C12H12Cl2O3. The van der Waals surface area contributed by atoms with Gasteiger partial charge in [-0.05, 0) is 31.0 Å². The summed E-state index contributed by atoms with van der Waals surface area (Å²) in [6.45, 7) is 1.95. The van der Waals surface area contributed by atoms with Gasteiger partial charge < -0.3 is 9.53 Å². The zero-order chi connectivity index (χ0) is 12.8. The third kappa shape index (κ3) is 4.02. The molecular weight excluding hydrogens is 263 g/mol. The molecule has 0 aliphatic rings. The minimum atomic E-state index is -0.799. The SMILES string of the molecule is CCOC(=O)[C@H](C=O)Cc1ccc(Cl)c(Cl)c1. The summed E-state index contributed by atoms with van der Waals surface area (Å²) >= 11 is 11.6. The van der Waals surface area contributed by atoms with Crippen LogP contribution in [-0.4, -0.2) is 18.9 Å². The van der Waals surface area contributed by atoms with Crippen molar-refractivity contribution in [3.63, 3.8) is 0 Å². The third-order valence-corrected chi connectivity index (χ3v) is 2.93. The zero-order valence-corrected chi connectivity index (χ0v) is 10.8. The summed E-state index contributed by atoms with van der Waals surface area (Å²) in [5, 5.41) is 0.840. The molecule has 0 spiro atoms. The van der Waals surface area contributed by atoms with Gasteiger partial charge in [-0.25, -0.2) is 0 Å². The number of benzene rings is 1. The van der Waals surface area contributed by atoms with E-state index in [2.05, 4.69) is 0 Å². The normalized spacial score (nSPS) is 11.9. The van der Waals surface area contributed by atoms with E-state index in [1.807, 2.05) is 0 Å². The van der Waals surface area contributed by atoms with Crippen molar-refractivity contribution in [2.75, 3.05) is 6.61 Å². The van der Waals surface area contributed by atoms with Crippen LogP contribution in [0.2, 0.25) is 10.0 Å². The van der Waals surface area contributed by atoms with Gasteiger partial charge >= 0.3 is 5.97 Å². The summed E-state index contributed by atoms with van der Waals surface area (Å²) in [7, 11) is 0. The van der Waals surface area contributed by atoms with Gasteiger partial charge in [0.2, 0.25) is 0 Å². The average molecular weight is 275 g/mol. The van der Waals surface area contributed by atoms with E-state index >= 15 is 0 Å². The monoisotopic (exact) mass is 274 g/mol. The minimum Gasteiger partial charge on any atom is -0.465 e. The molecule has 0 bridgehead atoms. The molecule has 0 aromatic heterocycles. The summed E-state index contributed by atoms with van der Waals surface area (Å²) in [5.74, 6) is -1.32. The van der Waals surface area contributed by atoms with E-state index in [-0.39, 0.29) is 13.0 Å². The van der Waals surface area contributed by atoms with E-state index in [0.29, 0.717) is 16.3 Å². The third-order valence-electron chi connectivity index (χ3n) is 2.19. The Kier molecular flexibility index (Phi) is 5.45. The van der Waals surface area contributed by atoms with Crippen molar-refractivity contribution >= 4 is 35.5 Å². The maximum atomic E-state index is 11.4. The van der Waals surface area contributed by atoms with Gasteiger partial charge in [0.15, 0.2) is 0 Å². The lowest BCUT2D eigenvalue weighted by Crippen LogP contribution is -2.21. The standard InChI is InChI=1S/C12H12Cl2O3/c1-2-17-12(16)9(7-15)5-8-3-4-10(13)11(14)6-8/h3-4,6-7,9H,2,5H2,1H3/t9-/m0/s1. The molecule has 0 aliphatic heterocycles. The first-order valence-electron chi connectivity index (χ1n) is 5.14. The van der Waals surface area contributed by atoms with Crippen molar-refractivity contribution in [3.8, 4) is 0 Å². The van der Waals surface area contributed by atoms with Crippen molar-refractivity contribution in [2.45, 2.75) is 13.3 Å². The number of carbonyl (C=O) groups is 2. The highest BCUT2D eigenvalue weighted by Gasteiger charge is 2.19. The molecule has 3 nitrogen and oxygen atoms in total. The van der Waals surface area contributed by atoms with Crippen LogP contribution in [0.15, 0.2) is 18.2 Å². The van der Waals surface area contributed by atoms with Gasteiger partial charge in [-0.2, -0.15) is 0 Å². The van der Waals surface area contributed by atoms with Gasteiger partial charge in [-0.1, -0.05) is 29.3 Å². The van der Waals surface area contributed by atoms with Crippen LogP contribution in [0.4, 0.5) is 0 Å². The van der Waals surface area contributed by atoms with Crippen LogP contribution in [0, 0.1) is 5.92 Å². The summed E-state index contributed by atoms with van der Waals surface area (Å²) in [4.78, 5) is 22.2. The number of aldehydes is 1. The Balaban J connectivity index is 2.77. The number of hydrogen-bond donors (Lipinski definition) is 0. The van der Waals surface area contributed by atoms with Crippen LogP contribution in [-0.2, 0) is 20.7 Å². The molecule has 0 unspecified atom stereocenters. The molecule has 0 saturated carbocycles. The van der Waals surface area contributed by atoms with E-state index < -0.39 is 11.9 Å². The Morgan fingerprint density at radius 1 is 1.41 bits per heavy atom. The van der Waals surface area contributed by atoms with Gasteiger partial charge in [0.05, 0.1) is 16.7 Å². The lowest BCUT2D eigenvalue weighted by molar-refractivity contribution is -0.149. The fourth-order valence-corrected chi connectivity index (χ4v) is 1.68. The Morgan fingerprint density at radius 2 is 2.12 bits per heavy atom. The van der Waals surface area contributed by atoms with Gasteiger partial charge in [0.25, 0.3) is 0 Å². The molecule has 5 heteroatoms. The predicted octanol–water partition coefficient (Wildman–Crippen LogP) is 2.91. The molecule has 1 atom stereocenters. The van der Waals surface area contributed by atoms with Crippen LogP contribution in [0.25, 0.3) is 0 Å². The van der Waals surface area contributed by atoms with Crippen LogP contribution in [0.3, 0.4) is 0 Å². The average Bonchev–Trinajstić information content (AvgIpc) is 2.30. The largest absolute Gasteiger partial charge is 0.465 e. The first-order chi connectivity index (χ1) is 8.08. The van der Waals surface area contributed by atoms with E-state index in [1.165, 1.54) is 0 Å².